The van der Waals surface area contributed by atoms with E-state index in [1.807, 2.05) is 0 Å². The molecule has 2 unspecified atom stereocenters. The maximum atomic E-state index is 3.64. The largest absolute Gasteiger partial charge is 0.315 e. The van der Waals surface area contributed by atoms with Gasteiger partial charge >= 0.3 is 0 Å². The molecular formula is C14H26N2. The standard InChI is InChI=1S/C14H26N2/c1-12(16(2)14-8-9-14)10-15-11-13-6-4-3-5-7-13/h3-4,12-15H,5-11H2,1-2H3. The quantitative estimate of drug-likeness (QED) is 0.694. The van der Waals surface area contributed by atoms with E-state index in [4.69, 9.17) is 0 Å². The molecule has 16 heavy (non-hydrogen) atoms. The molecule has 1 fully saturated rings. The maximum Gasteiger partial charge on any atom is 0.0192 e. The third-order valence-corrected chi connectivity index (χ3v) is 4.07. The lowest BCUT2D eigenvalue weighted by molar-refractivity contribution is 0.237. The Hall–Kier alpha value is -0.340. The molecule has 0 amide bonds. The van der Waals surface area contributed by atoms with Crippen molar-refractivity contribution in [2.45, 2.75) is 51.1 Å². The van der Waals surface area contributed by atoms with Gasteiger partial charge in [0.05, 0.1) is 0 Å². The number of nitrogens with zero attached hydrogens (tertiary/aromatic N) is 1. The number of hydrogen-bond donors (Lipinski definition) is 1. The van der Waals surface area contributed by atoms with Crippen molar-refractivity contribution in [3.8, 4) is 0 Å². The predicted molar refractivity (Wildman–Crippen MR) is 69.6 cm³/mol. The Labute approximate surface area is 100 Å². The summed E-state index contributed by atoms with van der Waals surface area (Å²) in [6, 6.07) is 1.57. The van der Waals surface area contributed by atoms with Gasteiger partial charge in [0.2, 0.25) is 0 Å². The van der Waals surface area contributed by atoms with Crippen LogP contribution in [0.15, 0.2) is 12.2 Å². The summed E-state index contributed by atoms with van der Waals surface area (Å²) in [6.07, 6.45) is 11.4. The Morgan fingerprint density at radius 1 is 1.31 bits per heavy atom. The summed E-state index contributed by atoms with van der Waals surface area (Å²) in [5, 5.41) is 3.64. The Bertz CT molecular complexity index is 233. The summed E-state index contributed by atoms with van der Waals surface area (Å²) in [6.45, 7) is 4.69. The van der Waals surface area contributed by atoms with Crippen molar-refractivity contribution in [2.24, 2.45) is 5.92 Å². The van der Waals surface area contributed by atoms with Crippen LogP contribution in [-0.2, 0) is 0 Å². The third-order valence-electron chi connectivity index (χ3n) is 4.07. The lowest BCUT2D eigenvalue weighted by Gasteiger charge is -2.26. The minimum absolute atomic E-state index is 0.687. The minimum Gasteiger partial charge on any atom is -0.315 e. The molecule has 92 valence electrons. The Morgan fingerprint density at radius 2 is 2.12 bits per heavy atom. The van der Waals surface area contributed by atoms with E-state index in [2.05, 4.69) is 36.3 Å². The zero-order valence-electron chi connectivity index (χ0n) is 10.8. The Kier molecular flexibility index (Phi) is 4.42. The molecule has 0 aromatic heterocycles. The predicted octanol–water partition coefficient (Wildman–Crippen LogP) is 2.42. The first-order chi connectivity index (χ1) is 7.77. The first-order valence-electron chi connectivity index (χ1n) is 6.85. The fraction of sp³-hybridized carbons (Fsp3) is 0.857. The van der Waals surface area contributed by atoms with Gasteiger partial charge in [0.1, 0.15) is 0 Å². The number of hydrogen-bond acceptors (Lipinski definition) is 2. The van der Waals surface area contributed by atoms with Gasteiger partial charge in [-0.3, -0.25) is 4.90 Å². The average molecular weight is 222 g/mol. The van der Waals surface area contributed by atoms with Crippen molar-refractivity contribution in [1.82, 2.24) is 10.2 Å². The molecule has 2 nitrogen and oxygen atoms in total. The monoisotopic (exact) mass is 222 g/mol. The van der Waals surface area contributed by atoms with Crippen LogP contribution >= 0.6 is 0 Å². The second kappa shape index (κ2) is 5.83. The van der Waals surface area contributed by atoms with E-state index in [9.17, 15) is 0 Å². The van der Waals surface area contributed by atoms with Crippen LogP contribution in [0.2, 0.25) is 0 Å². The highest BCUT2D eigenvalue weighted by molar-refractivity contribution is 4.91. The molecule has 0 aromatic rings. The highest BCUT2D eigenvalue weighted by atomic mass is 15.2. The fourth-order valence-corrected chi connectivity index (χ4v) is 2.52. The SMILES string of the molecule is CC(CNCC1CC=CCC1)N(C)C1CC1. The van der Waals surface area contributed by atoms with E-state index < -0.39 is 0 Å². The van der Waals surface area contributed by atoms with Gasteiger partial charge in [-0.1, -0.05) is 12.2 Å². The van der Waals surface area contributed by atoms with Gasteiger partial charge in [-0.05, 0) is 58.5 Å². The zero-order valence-corrected chi connectivity index (χ0v) is 10.8. The summed E-state index contributed by atoms with van der Waals surface area (Å²) in [4.78, 5) is 2.54. The van der Waals surface area contributed by atoms with Gasteiger partial charge in [0, 0.05) is 18.6 Å². The van der Waals surface area contributed by atoms with Gasteiger partial charge < -0.3 is 5.32 Å². The van der Waals surface area contributed by atoms with Crippen LogP contribution in [0, 0.1) is 5.92 Å². The van der Waals surface area contributed by atoms with Crippen LogP contribution in [0.1, 0.15) is 39.0 Å². The topological polar surface area (TPSA) is 15.3 Å². The summed E-state index contributed by atoms with van der Waals surface area (Å²) in [7, 11) is 2.27. The lowest BCUT2D eigenvalue weighted by atomic mass is 9.94. The molecule has 2 aliphatic carbocycles. The van der Waals surface area contributed by atoms with E-state index in [1.54, 1.807) is 0 Å². The summed E-state index contributed by atoms with van der Waals surface area (Å²) < 4.78 is 0. The van der Waals surface area contributed by atoms with Crippen LogP contribution in [-0.4, -0.2) is 37.1 Å². The fourth-order valence-electron chi connectivity index (χ4n) is 2.52. The molecule has 2 aliphatic rings. The first-order valence-corrected chi connectivity index (χ1v) is 6.85. The highest BCUT2D eigenvalue weighted by Gasteiger charge is 2.28. The van der Waals surface area contributed by atoms with E-state index in [-0.39, 0.29) is 0 Å². The second-order valence-electron chi connectivity index (χ2n) is 5.55. The summed E-state index contributed by atoms with van der Waals surface area (Å²) >= 11 is 0. The maximum absolute atomic E-state index is 3.64. The highest BCUT2D eigenvalue weighted by Crippen LogP contribution is 2.26. The van der Waals surface area contributed by atoms with Gasteiger partial charge in [0.15, 0.2) is 0 Å². The second-order valence-corrected chi connectivity index (χ2v) is 5.55. The van der Waals surface area contributed by atoms with Gasteiger partial charge in [0.25, 0.3) is 0 Å². The zero-order chi connectivity index (χ0) is 11.4. The molecule has 0 aliphatic heterocycles. The molecule has 1 saturated carbocycles. The van der Waals surface area contributed by atoms with Crippen molar-refractivity contribution in [3.05, 3.63) is 12.2 Å². The van der Waals surface area contributed by atoms with Crippen molar-refractivity contribution in [2.75, 3.05) is 20.1 Å². The number of likely N-dealkylation sites (N-methyl/N-ethyl adjacent to an activating group) is 1. The minimum atomic E-state index is 0.687. The third kappa shape index (κ3) is 3.60. The molecule has 0 radical (unpaired) electrons. The molecule has 2 rings (SSSR count). The van der Waals surface area contributed by atoms with Gasteiger partial charge in [-0.2, -0.15) is 0 Å². The number of allylic oxidation sites excluding steroid dienone is 2. The molecule has 0 aromatic carbocycles. The molecule has 2 atom stereocenters. The van der Waals surface area contributed by atoms with Crippen LogP contribution in [0.4, 0.5) is 0 Å². The smallest absolute Gasteiger partial charge is 0.0192 e. The molecular weight excluding hydrogens is 196 g/mol. The molecule has 0 bridgehead atoms. The van der Waals surface area contributed by atoms with Crippen molar-refractivity contribution >= 4 is 0 Å². The lowest BCUT2D eigenvalue weighted by Crippen LogP contribution is -2.40. The van der Waals surface area contributed by atoms with Crippen molar-refractivity contribution < 1.29 is 0 Å². The normalized spacial score (nSPS) is 27.3. The van der Waals surface area contributed by atoms with E-state index in [0.29, 0.717) is 6.04 Å². The van der Waals surface area contributed by atoms with Crippen LogP contribution in [0.5, 0.6) is 0 Å². The summed E-state index contributed by atoms with van der Waals surface area (Å²) in [5.41, 5.74) is 0. The van der Waals surface area contributed by atoms with Crippen molar-refractivity contribution in [1.29, 1.82) is 0 Å². The van der Waals surface area contributed by atoms with Crippen molar-refractivity contribution in [3.63, 3.8) is 0 Å². The molecule has 1 N–H and O–H groups in total. The Balaban J connectivity index is 1.57. The molecule has 2 heteroatoms. The van der Waals surface area contributed by atoms with Gasteiger partial charge in [-0.15, -0.1) is 0 Å². The van der Waals surface area contributed by atoms with Gasteiger partial charge in [-0.25, -0.2) is 0 Å². The molecule has 0 saturated heterocycles. The molecule has 0 heterocycles. The summed E-state index contributed by atoms with van der Waals surface area (Å²) in [5.74, 6) is 0.878. The average Bonchev–Trinajstić information content (AvgIpc) is 3.13. The van der Waals surface area contributed by atoms with Crippen LogP contribution in [0.3, 0.4) is 0 Å². The van der Waals surface area contributed by atoms with Crippen LogP contribution < -0.4 is 5.32 Å². The van der Waals surface area contributed by atoms with E-state index in [1.165, 1.54) is 38.6 Å². The Morgan fingerprint density at radius 3 is 2.75 bits per heavy atom. The van der Waals surface area contributed by atoms with Crippen LogP contribution in [0.25, 0.3) is 0 Å². The first kappa shape index (κ1) is 12.1. The number of nitrogens with one attached hydrogen (secondary N) is 1. The van der Waals surface area contributed by atoms with E-state index in [0.717, 1.165) is 18.5 Å². The van der Waals surface area contributed by atoms with E-state index >= 15 is 0 Å². The number of rotatable bonds is 6. The molecule has 0 spiro atoms.